The number of hydrogen-bond donors (Lipinski definition) is 2. The van der Waals surface area contributed by atoms with Crippen molar-refractivity contribution in [3.05, 3.63) is 100 Å². The minimum absolute atomic E-state index is 0.189. The fourth-order valence-corrected chi connectivity index (χ4v) is 3.42. The van der Waals surface area contributed by atoms with Crippen LogP contribution in [0.4, 0.5) is 10.1 Å². The molecule has 32 heavy (non-hydrogen) atoms. The summed E-state index contributed by atoms with van der Waals surface area (Å²) in [5.41, 5.74) is 1.78. The number of halogens is 1. The molecule has 2 aromatic heterocycles. The molecule has 0 spiro atoms. The average molecular weight is 451 g/mol. The molecule has 4 aromatic rings. The van der Waals surface area contributed by atoms with E-state index in [1.54, 1.807) is 41.8 Å². The number of ether oxygens (including phenoxy) is 1. The third-order valence-corrected chi connectivity index (χ3v) is 5.19. The van der Waals surface area contributed by atoms with Gasteiger partial charge in [0.1, 0.15) is 28.9 Å². The summed E-state index contributed by atoms with van der Waals surface area (Å²) in [4.78, 5) is 28.6. The number of nitrogens with zero attached hydrogens (tertiary/aromatic N) is 1. The summed E-state index contributed by atoms with van der Waals surface area (Å²) in [7, 11) is 0. The van der Waals surface area contributed by atoms with Gasteiger partial charge in [-0.3, -0.25) is 9.59 Å². The molecule has 0 fully saturated rings. The van der Waals surface area contributed by atoms with Gasteiger partial charge < -0.3 is 19.8 Å². The second kappa shape index (κ2) is 9.88. The number of carbonyl (C=O) groups excluding carboxylic acids is 2. The molecule has 9 heteroatoms. The lowest BCUT2D eigenvalue weighted by Crippen LogP contribution is -2.23. The Hall–Kier alpha value is -3.98. The Balaban J connectivity index is 1.25. The average Bonchev–Trinajstić information content (AvgIpc) is 3.51. The van der Waals surface area contributed by atoms with Gasteiger partial charge in [-0.25, -0.2) is 9.37 Å². The fraction of sp³-hybridized carbons (Fsp3) is 0.0870. The summed E-state index contributed by atoms with van der Waals surface area (Å²) in [5, 5.41) is 7.84. The van der Waals surface area contributed by atoms with Crippen LogP contribution in [0.1, 0.15) is 31.6 Å². The number of hydrogen-bond acceptors (Lipinski definition) is 6. The molecular weight excluding hydrogens is 433 g/mol. The highest BCUT2D eigenvalue weighted by atomic mass is 32.1. The number of aromatic nitrogens is 1. The molecule has 0 saturated heterocycles. The first-order valence-corrected chi connectivity index (χ1v) is 10.5. The predicted octanol–water partition coefficient (Wildman–Crippen LogP) is 4.64. The maximum atomic E-state index is 12.9. The summed E-state index contributed by atoms with van der Waals surface area (Å²) in [6.45, 7) is 0.499. The zero-order valence-corrected chi connectivity index (χ0v) is 17.5. The first kappa shape index (κ1) is 21.3. The third kappa shape index (κ3) is 5.58. The van der Waals surface area contributed by atoms with Gasteiger partial charge in [-0.05, 0) is 54.1 Å². The third-order valence-electron chi connectivity index (χ3n) is 4.37. The maximum Gasteiger partial charge on any atom is 0.291 e. The molecule has 4 rings (SSSR count). The van der Waals surface area contributed by atoms with Crippen LogP contribution in [0.15, 0.2) is 76.7 Å². The van der Waals surface area contributed by atoms with Gasteiger partial charge in [0.05, 0.1) is 6.26 Å². The minimum Gasteiger partial charge on any atom is -0.486 e. The van der Waals surface area contributed by atoms with Crippen molar-refractivity contribution >= 4 is 28.8 Å². The first-order valence-electron chi connectivity index (χ1n) is 9.61. The Morgan fingerprint density at radius 1 is 1.03 bits per heavy atom. The van der Waals surface area contributed by atoms with Gasteiger partial charge in [0.15, 0.2) is 5.76 Å². The molecule has 2 N–H and O–H groups in total. The quantitative estimate of drug-likeness (QED) is 0.407. The van der Waals surface area contributed by atoms with E-state index in [0.29, 0.717) is 28.7 Å². The smallest absolute Gasteiger partial charge is 0.291 e. The lowest BCUT2D eigenvalue weighted by Gasteiger charge is -2.06. The number of benzene rings is 2. The molecule has 0 radical (unpaired) electrons. The molecule has 0 bridgehead atoms. The summed E-state index contributed by atoms with van der Waals surface area (Å²) in [6.07, 6.45) is 1.44. The van der Waals surface area contributed by atoms with Crippen molar-refractivity contribution in [3.8, 4) is 5.75 Å². The molecule has 0 saturated carbocycles. The highest BCUT2D eigenvalue weighted by Gasteiger charge is 2.12. The van der Waals surface area contributed by atoms with Crippen molar-refractivity contribution in [2.24, 2.45) is 0 Å². The van der Waals surface area contributed by atoms with Crippen molar-refractivity contribution in [2.75, 3.05) is 5.32 Å². The van der Waals surface area contributed by atoms with Crippen LogP contribution in [0.2, 0.25) is 0 Å². The normalized spacial score (nSPS) is 10.5. The summed E-state index contributed by atoms with van der Waals surface area (Å²) < 4.78 is 23.5. The Labute approximate surface area is 186 Å². The van der Waals surface area contributed by atoms with E-state index in [4.69, 9.17) is 9.15 Å². The first-order chi connectivity index (χ1) is 15.6. The van der Waals surface area contributed by atoms with E-state index in [1.165, 1.54) is 41.9 Å². The SMILES string of the molecule is O=C(NCc1ccc(NC(=O)c2ccco2)cc1)c1csc(COc2ccc(F)cc2)n1. The minimum atomic E-state index is -0.334. The number of anilines is 1. The molecule has 2 heterocycles. The molecule has 2 aromatic carbocycles. The Morgan fingerprint density at radius 3 is 2.53 bits per heavy atom. The second-order valence-electron chi connectivity index (χ2n) is 6.68. The fourth-order valence-electron chi connectivity index (χ4n) is 2.74. The van der Waals surface area contributed by atoms with Gasteiger partial charge in [-0.2, -0.15) is 0 Å². The number of thiazole rings is 1. The van der Waals surface area contributed by atoms with Crippen LogP contribution < -0.4 is 15.4 Å². The van der Waals surface area contributed by atoms with Gasteiger partial charge in [0.25, 0.3) is 11.8 Å². The summed E-state index contributed by atoms with van der Waals surface area (Å²) >= 11 is 1.31. The number of amides is 2. The number of furan rings is 1. The zero-order valence-electron chi connectivity index (χ0n) is 16.7. The van der Waals surface area contributed by atoms with Crippen molar-refractivity contribution in [3.63, 3.8) is 0 Å². The highest BCUT2D eigenvalue weighted by molar-refractivity contribution is 7.09. The molecular formula is C23H18FN3O4S. The second-order valence-corrected chi connectivity index (χ2v) is 7.62. The van der Waals surface area contributed by atoms with E-state index in [2.05, 4.69) is 15.6 Å². The van der Waals surface area contributed by atoms with Crippen molar-refractivity contribution in [2.45, 2.75) is 13.2 Å². The van der Waals surface area contributed by atoms with E-state index >= 15 is 0 Å². The van der Waals surface area contributed by atoms with Crippen LogP contribution in [-0.2, 0) is 13.2 Å². The van der Waals surface area contributed by atoms with Crippen LogP contribution in [-0.4, -0.2) is 16.8 Å². The van der Waals surface area contributed by atoms with Crippen LogP contribution in [0.25, 0.3) is 0 Å². The van der Waals surface area contributed by atoms with E-state index in [-0.39, 0.29) is 30.0 Å². The molecule has 0 aliphatic heterocycles. The largest absolute Gasteiger partial charge is 0.486 e. The van der Waals surface area contributed by atoms with E-state index in [9.17, 15) is 14.0 Å². The van der Waals surface area contributed by atoms with Gasteiger partial charge in [0, 0.05) is 17.6 Å². The zero-order chi connectivity index (χ0) is 22.3. The monoisotopic (exact) mass is 451 g/mol. The Kier molecular flexibility index (Phi) is 6.57. The standard InChI is InChI=1S/C23H18FN3O4S/c24-16-5-9-18(10-6-16)31-13-21-27-19(14-32-21)22(28)25-12-15-3-7-17(8-4-15)26-23(29)20-2-1-11-30-20/h1-11,14H,12-13H2,(H,25,28)(H,26,29). The summed E-state index contributed by atoms with van der Waals surface area (Å²) in [6, 6.07) is 16.0. The van der Waals surface area contributed by atoms with Gasteiger partial charge in [-0.15, -0.1) is 11.3 Å². The highest BCUT2D eigenvalue weighted by Crippen LogP contribution is 2.16. The van der Waals surface area contributed by atoms with E-state index in [0.717, 1.165) is 5.56 Å². The van der Waals surface area contributed by atoms with E-state index < -0.39 is 0 Å². The Morgan fingerprint density at radius 2 is 1.81 bits per heavy atom. The van der Waals surface area contributed by atoms with Crippen molar-refractivity contribution in [1.82, 2.24) is 10.3 Å². The predicted molar refractivity (Wildman–Crippen MR) is 117 cm³/mol. The molecule has 0 unspecified atom stereocenters. The van der Waals surface area contributed by atoms with Crippen molar-refractivity contribution < 1.29 is 23.1 Å². The maximum absolute atomic E-state index is 12.9. The van der Waals surface area contributed by atoms with E-state index in [1.807, 2.05) is 0 Å². The lowest BCUT2D eigenvalue weighted by molar-refractivity contribution is 0.0945. The van der Waals surface area contributed by atoms with Gasteiger partial charge in [0.2, 0.25) is 0 Å². The van der Waals surface area contributed by atoms with Gasteiger partial charge in [-0.1, -0.05) is 12.1 Å². The number of carbonyl (C=O) groups is 2. The topological polar surface area (TPSA) is 93.5 Å². The number of nitrogens with one attached hydrogen (secondary N) is 2. The van der Waals surface area contributed by atoms with Crippen LogP contribution >= 0.6 is 11.3 Å². The lowest BCUT2D eigenvalue weighted by atomic mass is 10.2. The summed E-state index contributed by atoms with van der Waals surface area (Å²) in [5.74, 6) is -0.217. The van der Waals surface area contributed by atoms with Gasteiger partial charge >= 0.3 is 0 Å². The molecule has 7 nitrogen and oxygen atoms in total. The molecule has 162 valence electrons. The molecule has 0 atom stereocenters. The molecule has 2 amide bonds. The Bertz CT molecular complexity index is 1190. The molecule has 0 aliphatic carbocycles. The van der Waals surface area contributed by atoms with Crippen molar-refractivity contribution in [1.29, 1.82) is 0 Å². The van der Waals surface area contributed by atoms with Crippen LogP contribution in [0.5, 0.6) is 5.75 Å². The van der Waals surface area contributed by atoms with Crippen LogP contribution in [0.3, 0.4) is 0 Å². The van der Waals surface area contributed by atoms with Crippen LogP contribution in [0, 0.1) is 5.82 Å². The number of rotatable bonds is 8. The molecule has 0 aliphatic rings.